The Morgan fingerprint density at radius 2 is 1.80 bits per heavy atom. The molecular weight excluding hydrogens is 666 g/mol. The predicted octanol–water partition coefficient (Wildman–Crippen LogP) is 6.16. The van der Waals surface area contributed by atoms with Crippen LogP contribution in [0.1, 0.15) is 130 Å². The summed E-state index contributed by atoms with van der Waals surface area (Å²) in [6.45, 7) is 3.28. The molecule has 0 radical (unpaired) electrons. The van der Waals surface area contributed by atoms with Gasteiger partial charge in [0.15, 0.2) is 11.3 Å². The number of oxime groups is 1. The molecule has 3 aliphatic heterocycles. The van der Waals surface area contributed by atoms with Crippen LogP contribution in [-0.2, 0) is 25.7 Å². The second kappa shape index (κ2) is 17.1. The van der Waals surface area contributed by atoms with E-state index < -0.39 is 64.6 Å². The molecule has 2 amide bonds. The molecule has 1 N–H and O–H groups in total. The minimum absolute atomic E-state index is 0.00398. The average Bonchev–Trinajstić information content (AvgIpc) is 3.49. The van der Waals surface area contributed by atoms with E-state index in [-0.39, 0.29) is 43.2 Å². The fourth-order valence-electron chi connectivity index (χ4n) is 7.05. The first kappa shape index (κ1) is 37.8. The molecule has 0 saturated carbocycles. The maximum absolute atomic E-state index is 14.3. The number of ether oxygens (including phenoxy) is 3. The quantitative estimate of drug-likeness (QED) is 0.124. The number of rotatable bonds is 16. The number of carbonyl (C=O) groups excluding carboxylic acids is 3. The van der Waals surface area contributed by atoms with Gasteiger partial charge in [-0.15, -0.1) is 0 Å². The number of pyridine rings is 1. The topological polar surface area (TPSA) is 138 Å². The van der Waals surface area contributed by atoms with Gasteiger partial charge in [0.25, 0.3) is 11.8 Å². The normalized spacial score (nSPS) is 20.7. The number of carbonyl (C=O) groups is 3. The van der Waals surface area contributed by atoms with Crippen LogP contribution >= 0.6 is 0 Å². The van der Waals surface area contributed by atoms with Crippen molar-refractivity contribution >= 4 is 23.7 Å². The Balaban J connectivity index is 1.37. The summed E-state index contributed by atoms with van der Waals surface area (Å²) in [4.78, 5) is 61.8. The highest BCUT2D eigenvalue weighted by atomic mass is 19.1. The number of halogens is 2. The zero-order valence-corrected chi connectivity index (χ0v) is 29.6. The minimum Gasteiger partial charge on any atom is -0.482 e. The van der Waals surface area contributed by atoms with Gasteiger partial charge in [-0.05, 0) is 32.3 Å². The van der Waals surface area contributed by atoms with Crippen molar-refractivity contribution < 1.29 is 42.2 Å². The first-order valence-corrected chi connectivity index (χ1v) is 18.0. The summed E-state index contributed by atoms with van der Waals surface area (Å²) in [5, 5.41) is 6.64. The Hall–Kier alpha value is -4.49. The van der Waals surface area contributed by atoms with Gasteiger partial charge >= 0.3 is 5.97 Å². The van der Waals surface area contributed by atoms with E-state index in [0.29, 0.717) is 31.2 Å². The van der Waals surface area contributed by atoms with E-state index in [0.717, 1.165) is 25.3 Å². The average molecular weight is 715 g/mol. The highest BCUT2D eigenvalue weighted by molar-refractivity contribution is 5.99. The third-order valence-corrected chi connectivity index (χ3v) is 10.1. The van der Waals surface area contributed by atoms with E-state index in [9.17, 15) is 28.0 Å². The first-order chi connectivity index (χ1) is 24.6. The molecule has 51 heavy (non-hydrogen) atoms. The summed E-state index contributed by atoms with van der Waals surface area (Å²) in [5.74, 6) is -3.61. The van der Waals surface area contributed by atoms with Crippen molar-refractivity contribution in [2.24, 2.45) is 5.16 Å². The molecule has 1 aromatic heterocycles. The SMILES string of the molecule is CCCCCCCCCCCC(=O)OCOc1c2n(cc(C(=O)NCc3ccc(F)cc3F)c1=O)[C@@H]1CN(C2=O)[C@@H](C)CC[C@]12CC(OC)=NO2. The number of hydrogen-bond donors (Lipinski definition) is 1. The number of hydrogen-bond acceptors (Lipinski definition) is 9. The molecule has 0 unspecified atom stereocenters. The Bertz CT molecular complexity index is 1680. The third-order valence-electron chi connectivity index (χ3n) is 10.1. The maximum atomic E-state index is 14.3. The van der Waals surface area contributed by atoms with Crippen molar-refractivity contribution in [1.82, 2.24) is 14.8 Å². The van der Waals surface area contributed by atoms with E-state index in [1.54, 1.807) is 4.90 Å². The van der Waals surface area contributed by atoms with Gasteiger partial charge in [0, 0.05) is 43.4 Å². The molecule has 14 heteroatoms. The van der Waals surface area contributed by atoms with Crippen LogP contribution in [0.15, 0.2) is 34.3 Å². The molecule has 3 atom stereocenters. The van der Waals surface area contributed by atoms with Crippen LogP contribution in [0.25, 0.3) is 0 Å². The van der Waals surface area contributed by atoms with Crippen molar-refractivity contribution in [2.75, 3.05) is 20.4 Å². The highest BCUT2D eigenvalue weighted by Crippen LogP contribution is 2.46. The number of unbranched alkanes of at least 4 members (excludes halogenated alkanes) is 8. The number of fused-ring (bicyclic) bond motifs is 5. The number of benzene rings is 1. The summed E-state index contributed by atoms with van der Waals surface area (Å²) < 4.78 is 45.8. The molecule has 4 heterocycles. The maximum Gasteiger partial charge on any atom is 0.308 e. The monoisotopic (exact) mass is 714 g/mol. The molecule has 1 aromatic carbocycles. The van der Waals surface area contributed by atoms with Crippen molar-refractivity contribution in [3.05, 3.63) is 63.1 Å². The number of amides is 2. The number of nitrogens with zero attached hydrogens (tertiary/aromatic N) is 3. The molecule has 3 aliphatic rings. The number of nitrogens with one attached hydrogen (secondary N) is 1. The fraction of sp³-hybridized carbons (Fsp3) is 0.595. The zero-order chi connectivity index (χ0) is 36.5. The predicted molar refractivity (Wildman–Crippen MR) is 183 cm³/mol. The van der Waals surface area contributed by atoms with E-state index in [1.165, 1.54) is 56.0 Å². The van der Waals surface area contributed by atoms with Gasteiger partial charge in [-0.1, -0.05) is 69.5 Å². The van der Waals surface area contributed by atoms with Gasteiger partial charge < -0.3 is 33.8 Å². The van der Waals surface area contributed by atoms with E-state index >= 15 is 0 Å². The lowest BCUT2D eigenvalue weighted by molar-refractivity contribution is -0.150. The number of aromatic nitrogens is 1. The minimum atomic E-state index is -0.969. The van der Waals surface area contributed by atoms with E-state index in [1.807, 2.05) is 6.92 Å². The Morgan fingerprint density at radius 3 is 2.49 bits per heavy atom. The first-order valence-electron chi connectivity index (χ1n) is 18.0. The van der Waals surface area contributed by atoms with Crippen LogP contribution in [0.5, 0.6) is 5.75 Å². The Morgan fingerprint density at radius 1 is 1.08 bits per heavy atom. The molecule has 2 aromatic rings. The van der Waals surface area contributed by atoms with Gasteiger partial charge in [-0.25, -0.2) is 8.78 Å². The summed E-state index contributed by atoms with van der Waals surface area (Å²) in [5.41, 5.74) is -2.39. The third kappa shape index (κ3) is 8.70. The summed E-state index contributed by atoms with van der Waals surface area (Å²) >= 11 is 0. The van der Waals surface area contributed by atoms with Crippen LogP contribution in [0.4, 0.5) is 8.78 Å². The van der Waals surface area contributed by atoms with Crippen molar-refractivity contribution in [2.45, 2.75) is 122 Å². The zero-order valence-electron chi connectivity index (χ0n) is 29.6. The number of methoxy groups -OCH3 is 1. The molecule has 1 fully saturated rings. The summed E-state index contributed by atoms with van der Waals surface area (Å²) in [6, 6.07) is 2.10. The Kier molecular flexibility index (Phi) is 12.7. The van der Waals surface area contributed by atoms with Crippen LogP contribution in [0.3, 0.4) is 0 Å². The molecule has 12 nitrogen and oxygen atoms in total. The molecule has 1 saturated heterocycles. The fourth-order valence-corrected chi connectivity index (χ4v) is 7.05. The molecule has 1 spiro atoms. The second-order valence-electron chi connectivity index (χ2n) is 13.6. The lowest BCUT2D eigenvalue weighted by Crippen LogP contribution is -2.52. The van der Waals surface area contributed by atoms with Gasteiger partial charge in [-0.3, -0.25) is 19.2 Å². The van der Waals surface area contributed by atoms with Crippen molar-refractivity contribution in [3.8, 4) is 5.75 Å². The van der Waals surface area contributed by atoms with Crippen LogP contribution in [0, 0.1) is 11.6 Å². The Labute approximate surface area is 296 Å². The molecule has 5 rings (SSSR count). The van der Waals surface area contributed by atoms with Crippen LogP contribution in [0.2, 0.25) is 0 Å². The van der Waals surface area contributed by atoms with Gasteiger partial charge in [0.2, 0.25) is 23.9 Å². The lowest BCUT2D eigenvalue weighted by Gasteiger charge is -2.42. The van der Waals surface area contributed by atoms with Crippen LogP contribution in [-0.4, -0.2) is 65.2 Å². The lowest BCUT2D eigenvalue weighted by atomic mass is 9.85. The molecular formula is C37H48F2N4O8. The van der Waals surface area contributed by atoms with Crippen molar-refractivity contribution in [3.63, 3.8) is 0 Å². The standard InChI is InChI=1S/C37H48F2N4O8/c1-4-5-6-7-8-9-10-11-12-13-31(44)49-23-50-34-32-36(47)42-22-29(37(17-16-24(42)2)19-30(48-3)41-51-37)43(32)21-27(33(34)45)35(46)40-20-25-14-15-26(38)18-28(25)39/h14-15,18,21,24,29H,4-13,16-17,19-20,22-23H2,1-3H3,(H,40,46)/t24-,29+,37-/m0/s1. The van der Waals surface area contributed by atoms with Crippen LogP contribution < -0.4 is 15.5 Å². The highest BCUT2D eigenvalue weighted by Gasteiger charge is 2.55. The van der Waals surface area contributed by atoms with Gasteiger partial charge in [0.05, 0.1) is 19.6 Å². The van der Waals surface area contributed by atoms with Crippen molar-refractivity contribution in [1.29, 1.82) is 0 Å². The smallest absolute Gasteiger partial charge is 0.308 e. The summed E-state index contributed by atoms with van der Waals surface area (Å²) in [6.07, 6.45) is 12.6. The van der Waals surface area contributed by atoms with Gasteiger partial charge in [0.1, 0.15) is 17.2 Å². The molecule has 278 valence electrons. The number of esters is 1. The van der Waals surface area contributed by atoms with E-state index in [2.05, 4.69) is 17.4 Å². The largest absolute Gasteiger partial charge is 0.482 e. The second-order valence-corrected chi connectivity index (χ2v) is 13.6. The molecule has 0 aliphatic carbocycles. The molecule has 2 bridgehead atoms. The summed E-state index contributed by atoms with van der Waals surface area (Å²) in [7, 11) is 1.48. The van der Waals surface area contributed by atoms with E-state index in [4.69, 9.17) is 19.0 Å². The van der Waals surface area contributed by atoms with Gasteiger partial charge in [-0.2, -0.15) is 0 Å².